The van der Waals surface area contributed by atoms with E-state index in [1.165, 1.54) is 16.0 Å². The van der Waals surface area contributed by atoms with Crippen molar-refractivity contribution < 1.29 is 0 Å². The van der Waals surface area contributed by atoms with Crippen LogP contribution in [0.15, 0.2) is 70.6 Å². The smallest absolute Gasteiger partial charge is 0.264 e. The Morgan fingerprint density at radius 3 is 2.36 bits per heavy atom. The number of nitrogens with zero attached hydrogens (tertiary/aromatic N) is 5. The van der Waals surface area contributed by atoms with E-state index in [0.717, 1.165) is 47.0 Å². The minimum absolute atomic E-state index is 0.0374. The van der Waals surface area contributed by atoms with Gasteiger partial charge < -0.3 is 0 Å². The summed E-state index contributed by atoms with van der Waals surface area (Å²) in [6, 6.07) is 20.7. The fraction of sp³-hybridized carbons (Fsp3) is 0.240. The highest BCUT2D eigenvalue weighted by atomic mass is 32.2. The number of benzene rings is 2. The molecule has 8 heteroatoms. The van der Waals surface area contributed by atoms with Gasteiger partial charge in [0.1, 0.15) is 4.83 Å². The van der Waals surface area contributed by atoms with Gasteiger partial charge in [-0.1, -0.05) is 72.4 Å². The van der Waals surface area contributed by atoms with Crippen LogP contribution in [-0.4, -0.2) is 36.9 Å². The molecule has 0 saturated heterocycles. The van der Waals surface area contributed by atoms with Crippen LogP contribution in [-0.2, 0) is 26.1 Å². The monoisotopic (exact) mass is 473 g/mol. The molecule has 0 aliphatic carbocycles. The molecule has 166 valence electrons. The first-order valence-corrected chi connectivity index (χ1v) is 13.0. The van der Waals surface area contributed by atoms with Gasteiger partial charge in [-0.2, -0.15) is 0 Å². The van der Waals surface area contributed by atoms with E-state index in [1.807, 2.05) is 36.6 Å². The fourth-order valence-electron chi connectivity index (χ4n) is 4.68. The first kappa shape index (κ1) is 20.7. The number of thioether (sulfide) groups is 1. The van der Waals surface area contributed by atoms with Crippen molar-refractivity contribution in [3.8, 4) is 0 Å². The molecule has 1 aliphatic heterocycles. The molecule has 2 aromatic carbocycles. The topological polar surface area (TPSA) is 55.4 Å². The molecule has 0 radical (unpaired) electrons. The fourth-order valence-corrected chi connectivity index (χ4v) is 6.59. The molecular weight excluding hydrogens is 450 g/mol. The molecule has 0 spiro atoms. The van der Waals surface area contributed by atoms with E-state index >= 15 is 0 Å². The Labute approximate surface area is 199 Å². The zero-order valence-electron chi connectivity index (χ0n) is 18.3. The van der Waals surface area contributed by atoms with Crippen molar-refractivity contribution in [2.75, 3.05) is 12.8 Å². The van der Waals surface area contributed by atoms with E-state index in [-0.39, 0.29) is 5.56 Å². The number of rotatable bonds is 5. The zero-order valence-corrected chi connectivity index (χ0v) is 19.9. The Bertz CT molecular complexity index is 1500. The lowest BCUT2D eigenvalue weighted by Crippen LogP contribution is -2.30. The number of hydrogen-bond acceptors (Lipinski definition) is 6. The third-order valence-electron chi connectivity index (χ3n) is 6.25. The summed E-state index contributed by atoms with van der Waals surface area (Å²) in [6.07, 6.45) is 2.88. The van der Waals surface area contributed by atoms with Crippen molar-refractivity contribution in [1.82, 2.24) is 24.1 Å². The molecule has 0 amide bonds. The Morgan fingerprint density at radius 2 is 1.67 bits per heavy atom. The molecule has 6 rings (SSSR count). The van der Waals surface area contributed by atoms with Crippen LogP contribution in [0.25, 0.3) is 16.0 Å². The third kappa shape index (κ3) is 3.58. The first-order chi connectivity index (χ1) is 16.2. The van der Waals surface area contributed by atoms with E-state index in [9.17, 15) is 4.79 Å². The Morgan fingerprint density at radius 1 is 0.970 bits per heavy atom. The lowest BCUT2D eigenvalue weighted by molar-refractivity contribution is 0.249. The summed E-state index contributed by atoms with van der Waals surface area (Å²) in [5.41, 5.74) is 3.63. The molecule has 4 heterocycles. The summed E-state index contributed by atoms with van der Waals surface area (Å²) in [5.74, 6) is 0.612. The van der Waals surface area contributed by atoms with Gasteiger partial charge in [-0.25, -0.2) is 4.40 Å². The Kier molecular flexibility index (Phi) is 5.28. The van der Waals surface area contributed by atoms with Crippen molar-refractivity contribution in [3.05, 3.63) is 92.6 Å². The van der Waals surface area contributed by atoms with Crippen molar-refractivity contribution in [1.29, 1.82) is 0 Å². The molecule has 33 heavy (non-hydrogen) atoms. The quantitative estimate of drug-likeness (QED) is 0.354. The van der Waals surface area contributed by atoms with E-state index in [2.05, 4.69) is 49.8 Å². The van der Waals surface area contributed by atoms with E-state index in [4.69, 9.17) is 0 Å². The van der Waals surface area contributed by atoms with E-state index < -0.39 is 0 Å². The lowest BCUT2D eigenvalue weighted by atomic mass is 10.0. The van der Waals surface area contributed by atoms with Gasteiger partial charge in [-0.15, -0.1) is 21.5 Å². The highest BCUT2D eigenvalue weighted by Gasteiger charge is 2.27. The molecule has 1 aliphatic rings. The Hall–Kier alpha value is -2.94. The molecule has 3 aromatic heterocycles. The van der Waals surface area contributed by atoms with Crippen molar-refractivity contribution in [3.63, 3.8) is 0 Å². The van der Waals surface area contributed by atoms with Gasteiger partial charge in [0, 0.05) is 24.5 Å². The van der Waals surface area contributed by atoms with Crippen LogP contribution >= 0.6 is 23.1 Å². The maximum absolute atomic E-state index is 13.8. The summed E-state index contributed by atoms with van der Waals surface area (Å²) < 4.78 is 3.86. The summed E-state index contributed by atoms with van der Waals surface area (Å²) >= 11 is 3.28. The molecular formula is C25H23N5OS2. The van der Waals surface area contributed by atoms with Gasteiger partial charge in [0.2, 0.25) is 5.78 Å². The maximum atomic E-state index is 13.8. The standard InChI is InChI=1S/C25H23N5OS2/c1-32-25-27-26-24-29(15-18-10-6-3-7-11-18)22(31)21-19-12-13-28(14-17-8-4-2-5-9-17)16-20(19)33-23(21)30(24)25/h2-11H,12-16H2,1H3. The molecule has 0 fully saturated rings. The van der Waals surface area contributed by atoms with Gasteiger partial charge >= 0.3 is 0 Å². The molecule has 0 bridgehead atoms. The summed E-state index contributed by atoms with van der Waals surface area (Å²) in [4.78, 5) is 18.5. The van der Waals surface area contributed by atoms with Gasteiger partial charge in [-0.05, 0) is 29.4 Å². The number of thiophene rings is 1. The van der Waals surface area contributed by atoms with Crippen LogP contribution in [0, 0.1) is 0 Å². The maximum Gasteiger partial charge on any atom is 0.264 e. The average molecular weight is 474 g/mol. The van der Waals surface area contributed by atoms with Gasteiger partial charge in [0.05, 0.1) is 11.9 Å². The summed E-state index contributed by atoms with van der Waals surface area (Å²) in [6.45, 7) is 3.21. The van der Waals surface area contributed by atoms with Crippen LogP contribution in [0.5, 0.6) is 0 Å². The molecule has 0 atom stereocenters. The Balaban J connectivity index is 1.49. The average Bonchev–Trinajstić information content (AvgIpc) is 3.44. The predicted molar refractivity (Wildman–Crippen MR) is 134 cm³/mol. The van der Waals surface area contributed by atoms with E-state index in [1.54, 1.807) is 27.7 Å². The lowest BCUT2D eigenvalue weighted by Gasteiger charge is -2.26. The molecule has 6 nitrogen and oxygen atoms in total. The minimum atomic E-state index is 0.0374. The molecule has 0 N–H and O–H groups in total. The van der Waals surface area contributed by atoms with Crippen LogP contribution in [0.1, 0.15) is 21.6 Å². The van der Waals surface area contributed by atoms with Crippen LogP contribution in [0.3, 0.4) is 0 Å². The minimum Gasteiger partial charge on any atom is -0.294 e. The normalized spacial score (nSPS) is 14.2. The zero-order chi connectivity index (χ0) is 22.4. The highest BCUT2D eigenvalue weighted by molar-refractivity contribution is 7.98. The van der Waals surface area contributed by atoms with Crippen LogP contribution < -0.4 is 5.56 Å². The van der Waals surface area contributed by atoms with E-state index in [0.29, 0.717) is 12.3 Å². The summed E-state index contributed by atoms with van der Waals surface area (Å²) in [7, 11) is 0. The van der Waals surface area contributed by atoms with Crippen LogP contribution in [0.2, 0.25) is 0 Å². The predicted octanol–water partition coefficient (Wildman–Crippen LogP) is 4.43. The second-order valence-corrected chi connectivity index (χ2v) is 10.2. The number of hydrogen-bond donors (Lipinski definition) is 0. The third-order valence-corrected chi connectivity index (χ3v) is 8.08. The first-order valence-electron chi connectivity index (χ1n) is 11.0. The van der Waals surface area contributed by atoms with Gasteiger partial charge in [0.15, 0.2) is 5.16 Å². The van der Waals surface area contributed by atoms with Gasteiger partial charge in [-0.3, -0.25) is 14.3 Å². The highest BCUT2D eigenvalue weighted by Crippen LogP contribution is 2.35. The number of fused-ring (bicyclic) bond motifs is 5. The largest absolute Gasteiger partial charge is 0.294 e. The van der Waals surface area contributed by atoms with Crippen molar-refractivity contribution >= 4 is 39.1 Å². The SMILES string of the molecule is CSc1nnc2n(Cc3ccccc3)c(=O)c3c4c(sc3n12)CN(Cc1ccccc1)CC4. The van der Waals surface area contributed by atoms with Crippen molar-refractivity contribution in [2.24, 2.45) is 0 Å². The van der Waals surface area contributed by atoms with Crippen molar-refractivity contribution in [2.45, 2.75) is 31.2 Å². The second-order valence-electron chi connectivity index (χ2n) is 8.33. The number of aromatic nitrogens is 4. The second kappa shape index (κ2) is 8.44. The molecule has 0 unspecified atom stereocenters. The summed E-state index contributed by atoms with van der Waals surface area (Å²) in [5, 5.41) is 10.5. The van der Waals surface area contributed by atoms with Gasteiger partial charge in [0.25, 0.3) is 5.56 Å². The molecule has 5 aromatic rings. The molecule has 0 saturated carbocycles. The van der Waals surface area contributed by atoms with Crippen LogP contribution in [0.4, 0.5) is 0 Å².